The number of aryl methyl sites for hydroxylation is 1. The molecule has 0 spiro atoms. The Bertz CT molecular complexity index is 734. The summed E-state index contributed by atoms with van der Waals surface area (Å²) in [7, 11) is 1.24. The summed E-state index contributed by atoms with van der Waals surface area (Å²) in [5.74, 6) is -1.40. The van der Waals surface area contributed by atoms with E-state index in [9.17, 15) is 14.0 Å². The number of ether oxygens (including phenoxy) is 1. The average molecular weight is 333 g/mol. The van der Waals surface area contributed by atoms with E-state index in [1.54, 1.807) is 0 Å². The molecule has 0 aliphatic heterocycles. The highest BCUT2D eigenvalue weighted by Gasteiger charge is 2.12. The van der Waals surface area contributed by atoms with Crippen LogP contribution in [0.25, 0.3) is 0 Å². The fraction of sp³-hybridized carbons (Fsp3) is 0.176. The van der Waals surface area contributed by atoms with Crippen LogP contribution >= 0.6 is 11.8 Å². The zero-order chi connectivity index (χ0) is 16.8. The predicted octanol–water partition coefficient (Wildman–Crippen LogP) is 3.65. The van der Waals surface area contributed by atoms with Crippen molar-refractivity contribution in [2.24, 2.45) is 0 Å². The topological polar surface area (TPSA) is 55.4 Å². The van der Waals surface area contributed by atoms with Crippen LogP contribution in [0.3, 0.4) is 0 Å². The number of hydrogen-bond donors (Lipinski definition) is 1. The minimum absolute atomic E-state index is 0.0386. The molecule has 4 nitrogen and oxygen atoms in total. The number of amides is 1. The van der Waals surface area contributed by atoms with Crippen LogP contribution in [-0.2, 0) is 9.53 Å². The molecule has 0 aliphatic rings. The Morgan fingerprint density at radius 2 is 1.96 bits per heavy atom. The fourth-order valence-corrected chi connectivity index (χ4v) is 2.74. The zero-order valence-electron chi connectivity index (χ0n) is 12.8. The smallest absolute Gasteiger partial charge is 0.337 e. The van der Waals surface area contributed by atoms with E-state index in [1.807, 2.05) is 31.2 Å². The van der Waals surface area contributed by atoms with E-state index in [0.29, 0.717) is 0 Å². The van der Waals surface area contributed by atoms with Crippen molar-refractivity contribution in [1.82, 2.24) is 0 Å². The van der Waals surface area contributed by atoms with Crippen molar-refractivity contribution in [3.05, 3.63) is 59.4 Å². The van der Waals surface area contributed by atoms with Crippen molar-refractivity contribution in [2.75, 3.05) is 18.2 Å². The van der Waals surface area contributed by atoms with Gasteiger partial charge in [-0.3, -0.25) is 4.79 Å². The van der Waals surface area contributed by atoms with Crippen LogP contribution in [0.1, 0.15) is 15.9 Å². The minimum Gasteiger partial charge on any atom is -0.465 e. The molecule has 1 N–H and O–H groups in total. The molecule has 1 amide bonds. The summed E-state index contributed by atoms with van der Waals surface area (Å²) in [5, 5.41) is 2.48. The number of nitrogens with one attached hydrogen (secondary N) is 1. The van der Waals surface area contributed by atoms with Crippen LogP contribution in [0, 0.1) is 12.7 Å². The Balaban J connectivity index is 2.02. The Morgan fingerprint density at radius 1 is 1.22 bits per heavy atom. The van der Waals surface area contributed by atoms with E-state index in [4.69, 9.17) is 0 Å². The maximum Gasteiger partial charge on any atom is 0.337 e. The summed E-state index contributed by atoms with van der Waals surface area (Å²) in [6, 6.07) is 11.4. The predicted molar refractivity (Wildman–Crippen MR) is 88.3 cm³/mol. The summed E-state index contributed by atoms with van der Waals surface area (Å²) in [4.78, 5) is 24.4. The quantitative estimate of drug-likeness (QED) is 0.670. The molecular formula is C17H16FNO3S. The summed E-state index contributed by atoms with van der Waals surface area (Å²) in [6.07, 6.45) is 0. The minimum atomic E-state index is -0.605. The maximum absolute atomic E-state index is 13.8. The molecule has 0 radical (unpaired) electrons. The summed E-state index contributed by atoms with van der Waals surface area (Å²) in [5.41, 5.74) is 1.21. The second kappa shape index (κ2) is 7.78. The third-order valence-electron chi connectivity index (χ3n) is 3.11. The molecule has 0 saturated carbocycles. The summed E-state index contributed by atoms with van der Waals surface area (Å²) in [6.45, 7) is 1.96. The third kappa shape index (κ3) is 4.56. The SMILES string of the molecule is COC(=O)c1ccc(F)c(NC(=O)CSc2ccccc2C)c1. The Labute approximate surface area is 138 Å². The highest BCUT2D eigenvalue weighted by atomic mass is 32.2. The molecule has 0 unspecified atom stereocenters. The largest absolute Gasteiger partial charge is 0.465 e. The molecule has 0 bridgehead atoms. The lowest BCUT2D eigenvalue weighted by atomic mass is 10.2. The number of rotatable bonds is 5. The monoisotopic (exact) mass is 333 g/mol. The average Bonchev–Trinajstić information content (AvgIpc) is 2.55. The number of benzene rings is 2. The lowest BCUT2D eigenvalue weighted by Gasteiger charge is -2.09. The second-order valence-electron chi connectivity index (χ2n) is 4.79. The molecule has 2 rings (SSSR count). The third-order valence-corrected chi connectivity index (χ3v) is 4.29. The number of carbonyl (C=O) groups is 2. The molecule has 0 aliphatic carbocycles. The van der Waals surface area contributed by atoms with E-state index in [1.165, 1.54) is 31.0 Å². The van der Waals surface area contributed by atoms with Gasteiger partial charge in [-0.15, -0.1) is 11.8 Å². The molecular weight excluding hydrogens is 317 g/mol. The van der Waals surface area contributed by atoms with Gasteiger partial charge in [0.25, 0.3) is 0 Å². The van der Waals surface area contributed by atoms with Crippen molar-refractivity contribution in [2.45, 2.75) is 11.8 Å². The van der Waals surface area contributed by atoms with Crippen molar-refractivity contribution < 1.29 is 18.7 Å². The van der Waals surface area contributed by atoms with Crippen LogP contribution in [0.2, 0.25) is 0 Å². The lowest BCUT2D eigenvalue weighted by Crippen LogP contribution is -2.16. The van der Waals surface area contributed by atoms with E-state index in [-0.39, 0.29) is 22.9 Å². The van der Waals surface area contributed by atoms with E-state index < -0.39 is 11.8 Å². The molecule has 0 fully saturated rings. The Morgan fingerprint density at radius 3 is 2.65 bits per heavy atom. The van der Waals surface area contributed by atoms with Crippen molar-refractivity contribution in [3.63, 3.8) is 0 Å². The number of methoxy groups -OCH3 is 1. The van der Waals surface area contributed by atoms with Gasteiger partial charge in [0.15, 0.2) is 0 Å². The van der Waals surface area contributed by atoms with Gasteiger partial charge in [-0.05, 0) is 36.8 Å². The van der Waals surface area contributed by atoms with Crippen LogP contribution in [0.15, 0.2) is 47.4 Å². The van der Waals surface area contributed by atoms with Gasteiger partial charge >= 0.3 is 5.97 Å². The van der Waals surface area contributed by atoms with Gasteiger partial charge < -0.3 is 10.1 Å². The standard InChI is InChI=1S/C17H16FNO3S/c1-11-5-3-4-6-15(11)23-10-16(20)19-14-9-12(17(21)22-2)7-8-13(14)18/h3-9H,10H2,1-2H3,(H,19,20). The number of carbonyl (C=O) groups excluding carboxylic acids is 2. The van der Waals surface area contributed by atoms with Crippen LogP contribution in [0.5, 0.6) is 0 Å². The van der Waals surface area contributed by atoms with Crippen LogP contribution in [-0.4, -0.2) is 24.7 Å². The van der Waals surface area contributed by atoms with Crippen molar-refractivity contribution in [1.29, 1.82) is 0 Å². The van der Waals surface area contributed by atoms with E-state index in [0.717, 1.165) is 16.5 Å². The molecule has 0 aromatic heterocycles. The molecule has 120 valence electrons. The van der Waals surface area contributed by atoms with E-state index in [2.05, 4.69) is 10.1 Å². The lowest BCUT2D eigenvalue weighted by molar-refractivity contribution is -0.113. The van der Waals surface area contributed by atoms with Gasteiger partial charge in [0.1, 0.15) is 5.82 Å². The molecule has 6 heteroatoms. The van der Waals surface area contributed by atoms with Gasteiger partial charge in [-0.1, -0.05) is 18.2 Å². The molecule has 0 atom stereocenters. The first-order chi connectivity index (χ1) is 11.0. The highest BCUT2D eigenvalue weighted by Crippen LogP contribution is 2.22. The molecule has 0 saturated heterocycles. The number of anilines is 1. The first-order valence-electron chi connectivity index (χ1n) is 6.87. The normalized spacial score (nSPS) is 10.2. The van der Waals surface area contributed by atoms with Gasteiger partial charge in [0.05, 0.1) is 24.1 Å². The zero-order valence-corrected chi connectivity index (χ0v) is 13.6. The van der Waals surface area contributed by atoms with Gasteiger partial charge in [-0.2, -0.15) is 0 Å². The number of hydrogen-bond acceptors (Lipinski definition) is 4. The van der Waals surface area contributed by atoms with Gasteiger partial charge in [-0.25, -0.2) is 9.18 Å². The Kier molecular flexibility index (Phi) is 5.76. The summed E-state index contributed by atoms with van der Waals surface area (Å²) >= 11 is 1.37. The Hall–Kier alpha value is -2.34. The maximum atomic E-state index is 13.8. The van der Waals surface area contributed by atoms with Crippen molar-refractivity contribution in [3.8, 4) is 0 Å². The molecule has 2 aromatic rings. The molecule has 23 heavy (non-hydrogen) atoms. The summed E-state index contributed by atoms with van der Waals surface area (Å²) < 4.78 is 18.3. The van der Waals surface area contributed by atoms with E-state index >= 15 is 0 Å². The van der Waals surface area contributed by atoms with Gasteiger partial charge in [0, 0.05) is 4.90 Å². The number of halogens is 1. The van der Waals surface area contributed by atoms with Gasteiger partial charge in [0.2, 0.25) is 5.91 Å². The van der Waals surface area contributed by atoms with Crippen LogP contribution in [0.4, 0.5) is 10.1 Å². The first kappa shape index (κ1) is 17.0. The highest BCUT2D eigenvalue weighted by molar-refractivity contribution is 8.00. The van der Waals surface area contributed by atoms with Crippen molar-refractivity contribution >= 4 is 29.3 Å². The number of thioether (sulfide) groups is 1. The second-order valence-corrected chi connectivity index (χ2v) is 5.81. The molecule has 2 aromatic carbocycles. The first-order valence-corrected chi connectivity index (χ1v) is 7.86. The number of esters is 1. The van der Waals surface area contributed by atoms with Crippen LogP contribution < -0.4 is 5.32 Å². The molecule has 0 heterocycles. The fourth-order valence-electron chi connectivity index (χ4n) is 1.91.